The number of aryl methyl sites for hydroxylation is 1. The van der Waals surface area contributed by atoms with Crippen LogP contribution in [0.4, 0.5) is 5.69 Å². The molecule has 41 heavy (non-hydrogen) atoms. The van der Waals surface area contributed by atoms with Crippen LogP contribution in [0.2, 0.25) is 15.1 Å². The summed E-state index contributed by atoms with van der Waals surface area (Å²) in [6, 6.07) is 16.5. The molecule has 0 radical (unpaired) electrons. The number of amides is 2. The Kier molecular flexibility index (Phi) is 10.7. The zero-order valence-electron chi connectivity index (χ0n) is 23.6. The zero-order valence-corrected chi connectivity index (χ0v) is 26.7. The maximum Gasteiger partial charge on any atom is 0.264 e. The Hall–Kier alpha value is -2.78. The lowest BCUT2D eigenvalue weighted by Crippen LogP contribution is -2.55. The first-order valence-electron chi connectivity index (χ1n) is 13.0. The Balaban J connectivity index is 2.11. The van der Waals surface area contributed by atoms with E-state index in [0.717, 1.165) is 9.87 Å². The second-order valence-corrected chi connectivity index (χ2v) is 13.8. The standard InChI is InChI=1S/C30H34Cl3N3O4S/c1-6-27(29(38)34-30(3,4)5)35(18-24-25(32)8-7-9-26(24)33)28(37)19-36(22-14-10-20(2)11-15-22)41(39,40)23-16-12-21(31)13-17-23/h7-17,27H,6,18-19H2,1-5H3,(H,34,38)/t27-/m1/s1. The Labute approximate surface area is 257 Å². The van der Waals surface area contributed by atoms with Gasteiger partial charge in [-0.1, -0.05) is 65.5 Å². The Morgan fingerprint density at radius 2 is 1.46 bits per heavy atom. The van der Waals surface area contributed by atoms with Crippen molar-refractivity contribution >= 4 is 62.3 Å². The van der Waals surface area contributed by atoms with E-state index in [1.807, 2.05) is 27.7 Å². The SMILES string of the molecule is CC[C@H](C(=O)NC(C)(C)C)N(Cc1c(Cl)cccc1Cl)C(=O)CN(c1ccc(C)cc1)S(=O)(=O)c1ccc(Cl)cc1. The molecule has 1 atom stereocenters. The van der Waals surface area contributed by atoms with Gasteiger partial charge in [0.25, 0.3) is 10.0 Å². The van der Waals surface area contributed by atoms with Crippen LogP contribution < -0.4 is 9.62 Å². The number of nitrogens with one attached hydrogen (secondary N) is 1. The highest BCUT2D eigenvalue weighted by atomic mass is 35.5. The fourth-order valence-electron chi connectivity index (χ4n) is 4.20. The van der Waals surface area contributed by atoms with Gasteiger partial charge in [-0.15, -0.1) is 0 Å². The van der Waals surface area contributed by atoms with Crippen molar-refractivity contribution in [1.82, 2.24) is 10.2 Å². The molecule has 3 aromatic carbocycles. The van der Waals surface area contributed by atoms with Crippen molar-refractivity contribution in [2.45, 2.75) is 64.1 Å². The summed E-state index contributed by atoms with van der Waals surface area (Å²) in [5.41, 5.74) is 1.10. The van der Waals surface area contributed by atoms with Gasteiger partial charge in [-0.05, 0) is 82.6 Å². The lowest BCUT2D eigenvalue weighted by atomic mass is 10.1. The molecule has 11 heteroatoms. The number of benzene rings is 3. The Morgan fingerprint density at radius 3 is 1.98 bits per heavy atom. The first-order chi connectivity index (χ1) is 19.1. The molecule has 0 unspecified atom stereocenters. The van der Waals surface area contributed by atoms with Gasteiger partial charge in [-0.3, -0.25) is 13.9 Å². The number of halogens is 3. The minimum atomic E-state index is -4.21. The summed E-state index contributed by atoms with van der Waals surface area (Å²) in [6.45, 7) is 8.50. The van der Waals surface area contributed by atoms with Crippen molar-refractivity contribution in [3.8, 4) is 0 Å². The van der Waals surface area contributed by atoms with Crippen LogP contribution in [0, 0.1) is 6.92 Å². The van der Waals surface area contributed by atoms with Gasteiger partial charge in [-0.2, -0.15) is 0 Å². The fraction of sp³-hybridized carbons (Fsp3) is 0.333. The average Bonchev–Trinajstić information content (AvgIpc) is 2.88. The topological polar surface area (TPSA) is 86.8 Å². The van der Waals surface area contributed by atoms with Gasteiger partial charge in [0.1, 0.15) is 12.6 Å². The number of nitrogens with zero attached hydrogens (tertiary/aromatic N) is 2. The van der Waals surface area contributed by atoms with E-state index in [1.54, 1.807) is 49.4 Å². The number of hydrogen-bond donors (Lipinski definition) is 1. The Morgan fingerprint density at radius 1 is 0.902 bits per heavy atom. The van der Waals surface area contributed by atoms with Crippen LogP contribution in [0.25, 0.3) is 0 Å². The number of hydrogen-bond acceptors (Lipinski definition) is 4. The van der Waals surface area contributed by atoms with Crippen LogP contribution in [0.15, 0.2) is 71.6 Å². The molecule has 0 spiro atoms. The van der Waals surface area contributed by atoms with Crippen molar-refractivity contribution in [1.29, 1.82) is 0 Å². The summed E-state index contributed by atoms with van der Waals surface area (Å²) in [4.78, 5) is 28.9. The number of rotatable bonds is 10. The van der Waals surface area contributed by atoms with Gasteiger partial charge in [0.05, 0.1) is 10.6 Å². The van der Waals surface area contributed by atoms with Crippen molar-refractivity contribution in [2.75, 3.05) is 10.8 Å². The van der Waals surface area contributed by atoms with Gasteiger partial charge in [0, 0.05) is 32.7 Å². The summed E-state index contributed by atoms with van der Waals surface area (Å²) in [7, 11) is -4.21. The molecule has 0 bridgehead atoms. The summed E-state index contributed by atoms with van der Waals surface area (Å²) < 4.78 is 28.8. The molecule has 0 aromatic heterocycles. The molecule has 0 saturated heterocycles. The van der Waals surface area contributed by atoms with Crippen LogP contribution >= 0.6 is 34.8 Å². The second kappa shape index (κ2) is 13.5. The minimum absolute atomic E-state index is 0.0338. The number of sulfonamides is 1. The molecular formula is C30H34Cl3N3O4S. The van der Waals surface area contributed by atoms with Gasteiger partial charge in [0.2, 0.25) is 11.8 Å². The Bertz CT molecular complexity index is 1470. The van der Waals surface area contributed by atoms with E-state index in [4.69, 9.17) is 34.8 Å². The largest absolute Gasteiger partial charge is 0.350 e. The molecule has 1 N–H and O–H groups in total. The van der Waals surface area contributed by atoms with E-state index in [9.17, 15) is 18.0 Å². The molecular weight excluding hydrogens is 605 g/mol. The second-order valence-electron chi connectivity index (χ2n) is 10.7. The smallest absolute Gasteiger partial charge is 0.264 e. The lowest BCUT2D eigenvalue weighted by Gasteiger charge is -2.35. The summed E-state index contributed by atoms with van der Waals surface area (Å²) >= 11 is 18.9. The summed E-state index contributed by atoms with van der Waals surface area (Å²) in [5.74, 6) is -0.978. The lowest BCUT2D eigenvalue weighted by molar-refractivity contribution is -0.141. The minimum Gasteiger partial charge on any atom is -0.350 e. The number of carbonyl (C=O) groups is 2. The van der Waals surface area contributed by atoms with Crippen LogP contribution in [0.3, 0.4) is 0 Å². The highest BCUT2D eigenvalue weighted by Crippen LogP contribution is 2.29. The van der Waals surface area contributed by atoms with Crippen molar-refractivity contribution in [3.05, 3.63) is 92.9 Å². The highest BCUT2D eigenvalue weighted by Gasteiger charge is 2.35. The molecule has 0 aliphatic heterocycles. The predicted molar refractivity (Wildman–Crippen MR) is 166 cm³/mol. The molecule has 0 heterocycles. The molecule has 3 aromatic rings. The molecule has 220 valence electrons. The summed E-state index contributed by atoms with van der Waals surface area (Å²) in [5, 5.41) is 3.95. The number of carbonyl (C=O) groups excluding carboxylic acids is 2. The molecule has 0 saturated carbocycles. The number of anilines is 1. The first kappa shape index (κ1) is 32.7. The van der Waals surface area contributed by atoms with Gasteiger partial charge in [0.15, 0.2) is 0 Å². The van der Waals surface area contributed by atoms with Gasteiger partial charge < -0.3 is 10.2 Å². The molecule has 2 amide bonds. The third-order valence-electron chi connectivity index (χ3n) is 6.28. The van der Waals surface area contributed by atoms with Crippen molar-refractivity contribution in [3.63, 3.8) is 0 Å². The normalized spacial score (nSPS) is 12.5. The van der Waals surface area contributed by atoms with E-state index in [2.05, 4.69) is 5.32 Å². The van der Waals surface area contributed by atoms with E-state index in [1.165, 1.54) is 29.2 Å². The zero-order chi connectivity index (χ0) is 30.5. The fourth-order valence-corrected chi connectivity index (χ4v) is 6.26. The molecule has 7 nitrogen and oxygen atoms in total. The van der Waals surface area contributed by atoms with Crippen molar-refractivity contribution < 1.29 is 18.0 Å². The van der Waals surface area contributed by atoms with Crippen LogP contribution in [0.5, 0.6) is 0 Å². The van der Waals surface area contributed by atoms with Crippen LogP contribution in [-0.4, -0.2) is 43.3 Å². The predicted octanol–water partition coefficient (Wildman–Crippen LogP) is 6.87. The van der Waals surface area contributed by atoms with E-state index >= 15 is 0 Å². The molecule has 3 rings (SSSR count). The van der Waals surface area contributed by atoms with Crippen LogP contribution in [-0.2, 0) is 26.2 Å². The van der Waals surface area contributed by atoms with E-state index in [-0.39, 0.29) is 23.8 Å². The maximum atomic E-state index is 14.2. The quantitative estimate of drug-likeness (QED) is 0.263. The molecule has 0 aliphatic carbocycles. The third-order valence-corrected chi connectivity index (χ3v) is 9.02. The maximum absolute atomic E-state index is 14.2. The monoisotopic (exact) mass is 637 g/mol. The first-order valence-corrected chi connectivity index (χ1v) is 15.6. The highest BCUT2D eigenvalue weighted by molar-refractivity contribution is 7.92. The average molecular weight is 639 g/mol. The van der Waals surface area contributed by atoms with E-state index < -0.39 is 34.1 Å². The summed E-state index contributed by atoms with van der Waals surface area (Å²) in [6.07, 6.45) is 0.268. The molecule has 0 fully saturated rings. The van der Waals surface area contributed by atoms with Gasteiger partial charge >= 0.3 is 0 Å². The van der Waals surface area contributed by atoms with Crippen molar-refractivity contribution in [2.24, 2.45) is 0 Å². The van der Waals surface area contributed by atoms with Crippen LogP contribution in [0.1, 0.15) is 45.2 Å². The third kappa shape index (κ3) is 8.38. The van der Waals surface area contributed by atoms with Gasteiger partial charge in [-0.25, -0.2) is 8.42 Å². The van der Waals surface area contributed by atoms with E-state index in [0.29, 0.717) is 26.3 Å². The molecule has 0 aliphatic rings.